The standard InChI is InChI=1S/C24H30N2O8S/c1-24(2,3)34-23(29)26(22(28)33-18-20-13-9-6-10-14-20)25(15-16-35(4,30)31)21(27)32-17-19-11-7-5-8-12-19/h5-14H,15-18H2,1-4H3. The van der Waals surface area contributed by atoms with Gasteiger partial charge in [0.1, 0.15) is 28.7 Å². The summed E-state index contributed by atoms with van der Waals surface area (Å²) in [7, 11) is -3.58. The van der Waals surface area contributed by atoms with Crippen LogP contribution < -0.4 is 0 Å². The normalized spacial score (nSPS) is 11.3. The number of rotatable bonds is 7. The van der Waals surface area contributed by atoms with Gasteiger partial charge in [-0.2, -0.15) is 0 Å². The molecule has 2 aromatic rings. The molecule has 11 heteroatoms. The lowest BCUT2D eigenvalue weighted by atomic mass is 10.2. The van der Waals surface area contributed by atoms with E-state index in [4.69, 9.17) is 14.2 Å². The fourth-order valence-electron chi connectivity index (χ4n) is 2.68. The van der Waals surface area contributed by atoms with Crippen molar-refractivity contribution >= 4 is 28.1 Å². The monoisotopic (exact) mass is 506 g/mol. The molecule has 10 nitrogen and oxygen atoms in total. The molecular weight excluding hydrogens is 476 g/mol. The van der Waals surface area contributed by atoms with Gasteiger partial charge >= 0.3 is 18.3 Å². The van der Waals surface area contributed by atoms with E-state index in [1.54, 1.807) is 81.4 Å². The minimum Gasteiger partial charge on any atom is -0.443 e. The van der Waals surface area contributed by atoms with Crippen LogP contribution in [0.3, 0.4) is 0 Å². The summed E-state index contributed by atoms with van der Waals surface area (Å²) in [6, 6.07) is 17.4. The van der Waals surface area contributed by atoms with E-state index in [9.17, 15) is 22.8 Å². The van der Waals surface area contributed by atoms with E-state index in [0.717, 1.165) is 6.26 Å². The van der Waals surface area contributed by atoms with Crippen LogP contribution in [0.5, 0.6) is 0 Å². The molecule has 0 N–H and O–H groups in total. The van der Waals surface area contributed by atoms with Crippen molar-refractivity contribution in [3.63, 3.8) is 0 Å². The molecule has 0 aromatic heterocycles. The molecule has 0 radical (unpaired) electrons. The molecule has 2 aromatic carbocycles. The van der Waals surface area contributed by atoms with Crippen LogP contribution in [-0.2, 0) is 37.3 Å². The second-order valence-electron chi connectivity index (χ2n) is 8.63. The summed E-state index contributed by atoms with van der Waals surface area (Å²) < 4.78 is 39.4. The molecule has 0 spiro atoms. The molecule has 0 aliphatic carbocycles. The van der Waals surface area contributed by atoms with E-state index in [2.05, 4.69) is 0 Å². The number of imide groups is 1. The second-order valence-corrected chi connectivity index (χ2v) is 10.9. The zero-order valence-corrected chi connectivity index (χ0v) is 21.0. The smallest absolute Gasteiger partial charge is 0.439 e. The molecule has 3 amide bonds. The van der Waals surface area contributed by atoms with E-state index in [1.807, 2.05) is 0 Å². The van der Waals surface area contributed by atoms with Crippen LogP contribution in [0.25, 0.3) is 0 Å². The highest BCUT2D eigenvalue weighted by Gasteiger charge is 2.38. The van der Waals surface area contributed by atoms with E-state index < -0.39 is 46.0 Å². The number of hydrogen-bond donors (Lipinski definition) is 0. The molecule has 0 bridgehead atoms. The molecular formula is C24H30N2O8S. The molecule has 0 aliphatic rings. The van der Waals surface area contributed by atoms with Crippen LogP contribution in [0.2, 0.25) is 0 Å². The van der Waals surface area contributed by atoms with Crippen molar-refractivity contribution in [1.82, 2.24) is 10.0 Å². The number of sulfone groups is 1. The highest BCUT2D eigenvalue weighted by Crippen LogP contribution is 2.16. The van der Waals surface area contributed by atoms with Crippen LogP contribution in [-0.4, -0.2) is 60.9 Å². The summed E-state index contributed by atoms with van der Waals surface area (Å²) in [5, 5.41) is 0.901. The van der Waals surface area contributed by atoms with Gasteiger partial charge in [-0.05, 0) is 31.9 Å². The van der Waals surface area contributed by atoms with Crippen LogP contribution >= 0.6 is 0 Å². The van der Waals surface area contributed by atoms with Crippen molar-refractivity contribution in [2.24, 2.45) is 0 Å². The van der Waals surface area contributed by atoms with E-state index in [1.165, 1.54) is 0 Å². The topological polar surface area (TPSA) is 120 Å². The molecule has 0 fully saturated rings. The van der Waals surface area contributed by atoms with Crippen LogP contribution in [0.1, 0.15) is 31.9 Å². The average Bonchev–Trinajstić information content (AvgIpc) is 2.78. The molecule has 0 saturated carbocycles. The van der Waals surface area contributed by atoms with Gasteiger partial charge < -0.3 is 14.2 Å². The summed E-state index contributed by atoms with van der Waals surface area (Å²) in [5.41, 5.74) is 0.268. The first kappa shape index (κ1) is 27.6. The lowest BCUT2D eigenvalue weighted by Gasteiger charge is -2.32. The van der Waals surface area contributed by atoms with Crippen LogP contribution in [0, 0.1) is 0 Å². The Bertz CT molecular complexity index is 1100. The van der Waals surface area contributed by atoms with Crippen molar-refractivity contribution in [2.45, 2.75) is 39.6 Å². The third-order valence-corrected chi connectivity index (χ3v) is 5.20. The van der Waals surface area contributed by atoms with Gasteiger partial charge in [-0.25, -0.2) is 27.8 Å². The Morgan fingerprint density at radius 3 is 1.66 bits per heavy atom. The molecule has 2 rings (SSSR count). The summed E-state index contributed by atoms with van der Waals surface area (Å²) in [5.74, 6) is -0.543. The zero-order chi connectivity index (χ0) is 26.1. The quantitative estimate of drug-likeness (QED) is 0.406. The Kier molecular flexibility index (Phi) is 9.64. The van der Waals surface area contributed by atoms with Crippen molar-refractivity contribution in [3.8, 4) is 0 Å². The molecule has 0 atom stereocenters. The Morgan fingerprint density at radius 2 is 1.23 bits per heavy atom. The van der Waals surface area contributed by atoms with Gasteiger partial charge in [-0.15, -0.1) is 5.01 Å². The van der Waals surface area contributed by atoms with Crippen molar-refractivity contribution < 1.29 is 37.0 Å². The number of carbonyl (C=O) groups is 3. The van der Waals surface area contributed by atoms with Gasteiger partial charge in [0, 0.05) is 6.26 Å². The number of hydrazine groups is 1. The summed E-state index contributed by atoms with van der Waals surface area (Å²) in [6.45, 7) is 3.81. The van der Waals surface area contributed by atoms with Crippen molar-refractivity contribution in [1.29, 1.82) is 0 Å². The maximum Gasteiger partial charge on any atom is 0.439 e. The Morgan fingerprint density at radius 1 is 0.771 bits per heavy atom. The van der Waals surface area contributed by atoms with Crippen molar-refractivity contribution in [3.05, 3.63) is 71.8 Å². The predicted octanol–water partition coefficient (Wildman–Crippen LogP) is 4.16. The van der Waals surface area contributed by atoms with Gasteiger partial charge in [0.15, 0.2) is 0 Å². The summed E-state index contributed by atoms with van der Waals surface area (Å²) in [4.78, 5) is 38.9. The maximum absolute atomic E-state index is 13.0. The minimum atomic E-state index is -3.58. The predicted molar refractivity (Wildman–Crippen MR) is 128 cm³/mol. The number of amides is 3. The summed E-state index contributed by atoms with van der Waals surface area (Å²) >= 11 is 0. The van der Waals surface area contributed by atoms with E-state index in [-0.39, 0.29) is 13.2 Å². The SMILES string of the molecule is CC(C)(C)OC(=O)N(C(=O)OCc1ccccc1)N(CCS(C)(=O)=O)C(=O)OCc1ccccc1. The van der Waals surface area contributed by atoms with Crippen LogP contribution in [0.15, 0.2) is 60.7 Å². The average molecular weight is 507 g/mol. The van der Waals surface area contributed by atoms with E-state index >= 15 is 0 Å². The Labute approximate surface area is 205 Å². The second kappa shape index (κ2) is 12.2. The fraction of sp³-hybridized carbons (Fsp3) is 0.375. The van der Waals surface area contributed by atoms with Gasteiger partial charge in [0.25, 0.3) is 0 Å². The Balaban J connectivity index is 2.31. The lowest BCUT2D eigenvalue weighted by Crippen LogP contribution is -2.55. The maximum atomic E-state index is 13.0. The lowest BCUT2D eigenvalue weighted by molar-refractivity contribution is -0.0430. The highest BCUT2D eigenvalue weighted by molar-refractivity contribution is 7.90. The van der Waals surface area contributed by atoms with Gasteiger partial charge in [-0.1, -0.05) is 60.7 Å². The third kappa shape index (κ3) is 10.0. The number of ether oxygens (including phenoxy) is 3. The highest BCUT2D eigenvalue weighted by atomic mass is 32.2. The summed E-state index contributed by atoms with van der Waals surface area (Å²) in [6.07, 6.45) is -2.61. The first-order valence-electron chi connectivity index (χ1n) is 10.8. The molecule has 190 valence electrons. The molecule has 0 unspecified atom stereocenters. The largest absolute Gasteiger partial charge is 0.443 e. The number of carbonyl (C=O) groups excluding carboxylic acids is 3. The van der Waals surface area contributed by atoms with Gasteiger partial charge in [-0.3, -0.25) is 0 Å². The van der Waals surface area contributed by atoms with Crippen LogP contribution in [0.4, 0.5) is 14.4 Å². The molecule has 0 aliphatic heterocycles. The first-order chi connectivity index (χ1) is 16.4. The molecule has 0 heterocycles. The Hall–Kier alpha value is -3.60. The fourth-order valence-corrected chi connectivity index (χ4v) is 3.18. The van der Waals surface area contributed by atoms with Crippen molar-refractivity contribution in [2.75, 3.05) is 18.6 Å². The third-order valence-electron chi connectivity index (χ3n) is 4.28. The molecule has 0 saturated heterocycles. The van der Waals surface area contributed by atoms with E-state index in [0.29, 0.717) is 21.1 Å². The first-order valence-corrected chi connectivity index (χ1v) is 12.8. The molecule has 35 heavy (non-hydrogen) atoms. The zero-order valence-electron chi connectivity index (χ0n) is 20.2. The van der Waals surface area contributed by atoms with Gasteiger partial charge in [0.05, 0.1) is 12.3 Å². The number of hydrogen-bond acceptors (Lipinski definition) is 8. The van der Waals surface area contributed by atoms with Gasteiger partial charge in [0.2, 0.25) is 0 Å². The minimum absolute atomic E-state index is 0.170. The number of nitrogens with zero attached hydrogens (tertiary/aromatic N) is 2. The number of benzene rings is 2.